The largest absolute Gasteiger partial charge is 0.481 e. The Morgan fingerprint density at radius 3 is 2.88 bits per heavy atom. The minimum Gasteiger partial charge on any atom is -0.481 e. The molecule has 0 radical (unpaired) electrons. The quantitative estimate of drug-likeness (QED) is 0.835. The number of nitrogens with zero attached hydrogens (tertiary/aromatic N) is 2. The second kappa shape index (κ2) is 5.79. The van der Waals surface area contributed by atoms with E-state index in [1.807, 2.05) is 0 Å². The molecule has 0 saturated heterocycles. The number of rotatable bonds is 5. The summed E-state index contributed by atoms with van der Waals surface area (Å²) in [5.41, 5.74) is -0.122. The summed E-state index contributed by atoms with van der Waals surface area (Å²) >= 11 is 3.12. The average molecular weight is 289 g/mol. The lowest BCUT2D eigenvalue weighted by atomic mass is 10.2. The summed E-state index contributed by atoms with van der Waals surface area (Å²) in [4.78, 5) is 26.0. The van der Waals surface area contributed by atoms with Crippen LogP contribution in [0.1, 0.15) is 25.1 Å². The van der Waals surface area contributed by atoms with Crippen molar-refractivity contribution in [3.05, 3.63) is 26.8 Å². The molecule has 0 saturated carbocycles. The first-order chi connectivity index (χ1) is 7.52. The number of hydrogen-bond acceptors (Lipinski definition) is 3. The van der Waals surface area contributed by atoms with Gasteiger partial charge in [0.15, 0.2) is 0 Å². The minimum absolute atomic E-state index is 0.122. The zero-order valence-corrected chi connectivity index (χ0v) is 10.5. The van der Waals surface area contributed by atoms with Gasteiger partial charge in [0, 0.05) is 19.2 Å². The Kier molecular flexibility index (Phi) is 4.67. The normalized spacial score (nSPS) is 10.4. The lowest BCUT2D eigenvalue weighted by Gasteiger charge is -2.08. The number of aryl methyl sites for hydroxylation is 1. The molecular weight excluding hydrogens is 276 g/mol. The maximum Gasteiger partial charge on any atom is 0.303 e. The van der Waals surface area contributed by atoms with Gasteiger partial charge in [0.1, 0.15) is 10.3 Å². The van der Waals surface area contributed by atoms with E-state index in [9.17, 15) is 9.59 Å². The van der Waals surface area contributed by atoms with E-state index in [0.29, 0.717) is 29.7 Å². The predicted octanol–water partition coefficient (Wildman–Crippen LogP) is 1.57. The number of halogens is 1. The molecule has 0 spiro atoms. The Morgan fingerprint density at radius 1 is 1.56 bits per heavy atom. The van der Waals surface area contributed by atoms with E-state index in [2.05, 4.69) is 20.9 Å². The Balaban J connectivity index is 2.63. The van der Waals surface area contributed by atoms with Gasteiger partial charge in [-0.15, -0.1) is 0 Å². The minimum atomic E-state index is -0.809. The van der Waals surface area contributed by atoms with Crippen LogP contribution in [0.5, 0.6) is 0 Å². The molecule has 1 N–H and O–H groups in total. The summed E-state index contributed by atoms with van der Waals surface area (Å²) in [6, 6.07) is 0. The van der Waals surface area contributed by atoms with Crippen LogP contribution < -0.4 is 5.56 Å². The third-order valence-corrected chi connectivity index (χ3v) is 2.77. The van der Waals surface area contributed by atoms with Crippen LogP contribution in [0.15, 0.2) is 15.5 Å². The Labute approximate surface area is 101 Å². The molecule has 0 aromatic carbocycles. The molecule has 0 bridgehead atoms. The van der Waals surface area contributed by atoms with Crippen molar-refractivity contribution in [2.75, 3.05) is 0 Å². The van der Waals surface area contributed by atoms with Gasteiger partial charge in [-0.3, -0.25) is 14.2 Å². The summed E-state index contributed by atoms with van der Waals surface area (Å²) in [6.07, 6.45) is 2.83. The molecule has 1 heterocycles. The van der Waals surface area contributed by atoms with E-state index in [-0.39, 0.29) is 12.0 Å². The fraction of sp³-hybridized carbons (Fsp3) is 0.500. The first-order valence-corrected chi connectivity index (χ1v) is 5.75. The second-order valence-corrected chi connectivity index (χ2v) is 4.32. The Morgan fingerprint density at radius 2 is 2.25 bits per heavy atom. The van der Waals surface area contributed by atoms with E-state index in [0.717, 1.165) is 0 Å². The number of carbonyl (C=O) groups is 1. The number of unbranched alkanes of at least 4 members (excludes halogenated alkanes) is 1. The highest BCUT2D eigenvalue weighted by Crippen LogP contribution is 2.04. The van der Waals surface area contributed by atoms with Crippen LogP contribution in [-0.4, -0.2) is 20.6 Å². The van der Waals surface area contributed by atoms with Crippen molar-refractivity contribution in [3.63, 3.8) is 0 Å². The molecule has 1 rings (SSSR count). The SMILES string of the molecule is Cc1ncc(Br)c(=O)n1CCCCC(=O)O. The molecule has 5 nitrogen and oxygen atoms in total. The maximum atomic E-state index is 11.7. The zero-order chi connectivity index (χ0) is 12.1. The van der Waals surface area contributed by atoms with Gasteiger partial charge in [-0.25, -0.2) is 4.98 Å². The predicted molar refractivity (Wildman–Crippen MR) is 62.4 cm³/mol. The number of carboxylic acids is 1. The first-order valence-electron chi connectivity index (χ1n) is 4.96. The van der Waals surface area contributed by atoms with Gasteiger partial charge in [-0.1, -0.05) is 0 Å². The van der Waals surface area contributed by atoms with Crippen LogP contribution in [0.3, 0.4) is 0 Å². The molecule has 1 aromatic rings. The van der Waals surface area contributed by atoms with E-state index in [1.165, 1.54) is 6.20 Å². The van der Waals surface area contributed by atoms with Gasteiger partial charge >= 0.3 is 5.97 Å². The van der Waals surface area contributed by atoms with Crippen LogP contribution in [0.2, 0.25) is 0 Å². The van der Waals surface area contributed by atoms with Crippen molar-refractivity contribution < 1.29 is 9.90 Å². The summed E-state index contributed by atoms with van der Waals surface area (Å²) < 4.78 is 1.97. The number of aromatic nitrogens is 2. The zero-order valence-electron chi connectivity index (χ0n) is 8.94. The molecule has 88 valence electrons. The van der Waals surface area contributed by atoms with Crippen molar-refractivity contribution in [1.29, 1.82) is 0 Å². The third kappa shape index (κ3) is 3.44. The van der Waals surface area contributed by atoms with E-state index >= 15 is 0 Å². The molecule has 0 atom stereocenters. The van der Waals surface area contributed by atoms with Gasteiger partial charge in [-0.05, 0) is 35.7 Å². The summed E-state index contributed by atoms with van der Waals surface area (Å²) in [5, 5.41) is 8.48. The highest BCUT2D eigenvalue weighted by atomic mass is 79.9. The summed E-state index contributed by atoms with van der Waals surface area (Å²) in [7, 11) is 0. The topological polar surface area (TPSA) is 72.2 Å². The highest BCUT2D eigenvalue weighted by Gasteiger charge is 2.05. The van der Waals surface area contributed by atoms with Crippen molar-refractivity contribution >= 4 is 21.9 Å². The molecular formula is C10H13BrN2O3. The van der Waals surface area contributed by atoms with Crippen molar-refractivity contribution in [3.8, 4) is 0 Å². The van der Waals surface area contributed by atoms with Gasteiger partial charge in [0.2, 0.25) is 0 Å². The molecule has 0 aliphatic carbocycles. The number of carboxylic acid groups (broad SMARTS) is 1. The van der Waals surface area contributed by atoms with Crippen LogP contribution in [0.4, 0.5) is 0 Å². The van der Waals surface area contributed by atoms with Crippen LogP contribution in [-0.2, 0) is 11.3 Å². The third-order valence-electron chi connectivity index (χ3n) is 2.23. The fourth-order valence-electron chi connectivity index (χ4n) is 1.36. The number of aliphatic carboxylic acids is 1. The van der Waals surface area contributed by atoms with Gasteiger partial charge in [0.25, 0.3) is 5.56 Å². The van der Waals surface area contributed by atoms with Crippen LogP contribution in [0, 0.1) is 6.92 Å². The molecule has 0 aliphatic rings. The summed E-state index contributed by atoms with van der Waals surface area (Å²) in [5.74, 6) is -0.167. The molecule has 0 aliphatic heterocycles. The molecule has 16 heavy (non-hydrogen) atoms. The molecule has 0 unspecified atom stereocenters. The van der Waals surface area contributed by atoms with Crippen LogP contribution >= 0.6 is 15.9 Å². The van der Waals surface area contributed by atoms with Gasteiger partial charge in [0.05, 0.1) is 0 Å². The first kappa shape index (κ1) is 12.9. The molecule has 0 amide bonds. The average Bonchev–Trinajstić information content (AvgIpc) is 2.22. The monoisotopic (exact) mass is 288 g/mol. The van der Waals surface area contributed by atoms with Crippen molar-refractivity contribution in [2.24, 2.45) is 0 Å². The van der Waals surface area contributed by atoms with E-state index in [4.69, 9.17) is 5.11 Å². The lowest BCUT2D eigenvalue weighted by Crippen LogP contribution is -2.24. The molecule has 0 fully saturated rings. The lowest BCUT2D eigenvalue weighted by molar-refractivity contribution is -0.137. The molecule has 1 aromatic heterocycles. The smallest absolute Gasteiger partial charge is 0.303 e. The molecule has 6 heteroatoms. The van der Waals surface area contributed by atoms with Gasteiger partial charge in [-0.2, -0.15) is 0 Å². The fourth-order valence-corrected chi connectivity index (χ4v) is 1.68. The van der Waals surface area contributed by atoms with Crippen molar-refractivity contribution in [2.45, 2.75) is 32.7 Å². The van der Waals surface area contributed by atoms with Crippen molar-refractivity contribution in [1.82, 2.24) is 9.55 Å². The maximum absolute atomic E-state index is 11.7. The standard InChI is InChI=1S/C10H13BrN2O3/c1-7-12-6-8(11)10(16)13(7)5-3-2-4-9(14)15/h6H,2-5H2,1H3,(H,14,15). The highest BCUT2D eigenvalue weighted by molar-refractivity contribution is 9.10. The van der Waals surface area contributed by atoms with E-state index in [1.54, 1.807) is 11.5 Å². The summed E-state index contributed by atoms with van der Waals surface area (Å²) in [6.45, 7) is 2.26. The number of hydrogen-bond donors (Lipinski definition) is 1. The Hall–Kier alpha value is -1.17. The van der Waals surface area contributed by atoms with Crippen LogP contribution in [0.25, 0.3) is 0 Å². The van der Waals surface area contributed by atoms with Gasteiger partial charge < -0.3 is 5.11 Å². The Bertz CT molecular complexity index is 442. The van der Waals surface area contributed by atoms with E-state index < -0.39 is 5.97 Å². The second-order valence-electron chi connectivity index (χ2n) is 3.46.